The second-order valence-electron chi connectivity index (χ2n) is 2.58. The fourth-order valence-corrected chi connectivity index (χ4v) is 0.770. The van der Waals surface area contributed by atoms with Crippen LogP contribution in [0, 0.1) is 0 Å². The first kappa shape index (κ1) is 10.6. The van der Waals surface area contributed by atoms with Gasteiger partial charge in [-0.1, -0.05) is 0 Å². The predicted octanol–water partition coefficient (Wildman–Crippen LogP) is 0.0967. The van der Waals surface area contributed by atoms with Crippen molar-refractivity contribution in [1.29, 1.82) is 0 Å². The zero-order valence-electron chi connectivity index (χ0n) is 7.19. The van der Waals surface area contributed by atoms with Gasteiger partial charge in [0.25, 0.3) is 6.43 Å². The third kappa shape index (κ3) is 3.09. The summed E-state index contributed by atoms with van der Waals surface area (Å²) in [6, 6.07) is 1.47. The average molecular weight is 204 g/mol. The molecule has 1 unspecified atom stereocenters. The van der Waals surface area contributed by atoms with E-state index in [1.807, 2.05) is 0 Å². The van der Waals surface area contributed by atoms with Gasteiger partial charge in [-0.15, -0.1) is 0 Å². The van der Waals surface area contributed by atoms with Crippen LogP contribution in [0.4, 0.5) is 20.5 Å². The van der Waals surface area contributed by atoms with E-state index >= 15 is 0 Å². The Labute approximate surface area is 79.0 Å². The molecular formula is C7H10F2N4O. The molecule has 1 heterocycles. The van der Waals surface area contributed by atoms with E-state index < -0.39 is 12.5 Å². The Morgan fingerprint density at radius 3 is 2.86 bits per heavy atom. The molecule has 1 aromatic heterocycles. The van der Waals surface area contributed by atoms with E-state index in [-0.39, 0.29) is 12.5 Å². The zero-order valence-corrected chi connectivity index (χ0v) is 7.19. The van der Waals surface area contributed by atoms with Crippen LogP contribution >= 0.6 is 0 Å². The lowest BCUT2D eigenvalue weighted by Crippen LogP contribution is -2.27. The second kappa shape index (κ2) is 4.66. The number of nitrogens with zero attached hydrogens (tertiary/aromatic N) is 2. The molecule has 0 bridgehead atoms. The summed E-state index contributed by atoms with van der Waals surface area (Å²) in [5, 5.41) is 11.3. The van der Waals surface area contributed by atoms with Gasteiger partial charge < -0.3 is 16.2 Å². The summed E-state index contributed by atoms with van der Waals surface area (Å²) >= 11 is 0. The highest BCUT2D eigenvalue weighted by molar-refractivity contribution is 5.37. The number of hydrogen-bond acceptors (Lipinski definition) is 5. The smallest absolute Gasteiger partial charge is 0.265 e. The number of hydrogen-bond donors (Lipinski definition) is 3. The molecule has 0 amide bonds. The quantitative estimate of drug-likeness (QED) is 0.647. The first-order valence-corrected chi connectivity index (χ1v) is 3.88. The standard InChI is InChI=1S/C7H10F2N4O/c8-6(9)4(14)3-12-5-1-2-11-7(10)13-5/h1-2,4,6,14H,3H2,(H3,10,11,12,13). The number of anilines is 2. The monoisotopic (exact) mass is 204 g/mol. The maximum Gasteiger partial charge on any atom is 0.265 e. The van der Waals surface area contributed by atoms with Crippen LogP contribution in [-0.2, 0) is 0 Å². The predicted molar refractivity (Wildman–Crippen MR) is 46.9 cm³/mol. The van der Waals surface area contributed by atoms with Crippen LogP contribution in [0.2, 0.25) is 0 Å². The molecule has 0 saturated carbocycles. The Hall–Kier alpha value is -1.50. The number of nitrogen functional groups attached to an aromatic ring is 1. The van der Waals surface area contributed by atoms with Crippen molar-refractivity contribution in [3.63, 3.8) is 0 Å². The van der Waals surface area contributed by atoms with Crippen molar-refractivity contribution in [3.05, 3.63) is 12.3 Å². The maximum absolute atomic E-state index is 11.9. The molecule has 1 atom stereocenters. The minimum atomic E-state index is -2.78. The van der Waals surface area contributed by atoms with Crippen molar-refractivity contribution in [2.45, 2.75) is 12.5 Å². The van der Waals surface area contributed by atoms with Crippen molar-refractivity contribution in [2.24, 2.45) is 0 Å². The number of nitrogens with two attached hydrogens (primary N) is 1. The van der Waals surface area contributed by atoms with E-state index in [9.17, 15) is 8.78 Å². The van der Waals surface area contributed by atoms with E-state index in [2.05, 4.69) is 15.3 Å². The molecule has 14 heavy (non-hydrogen) atoms. The Kier molecular flexibility index (Phi) is 3.52. The van der Waals surface area contributed by atoms with Gasteiger partial charge in [-0.3, -0.25) is 0 Å². The number of halogens is 2. The number of aromatic nitrogens is 2. The van der Waals surface area contributed by atoms with Crippen LogP contribution in [0.3, 0.4) is 0 Å². The van der Waals surface area contributed by atoms with E-state index in [1.165, 1.54) is 12.3 Å². The molecule has 0 aliphatic carbocycles. The lowest BCUT2D eigenvalue weighted by molar-refractivity contribution is 0.00381. The SMILES string of the molecule is Nc1nccc(NCC(O)C(F)F)n1. The van der Waals surface area contributed by atoms with Crippen LogP contribution in [0.1, 0.15) is 0 Å². The largest absolute Gasteiger partial charge is 0.385 e. The third-order valence-electron chi connectivity index (χ3n) is 1.46. The molecular weight excluding hydrogens is 194 g/mol. The van der Waals surface area contributed by atoms with Crippen molar-refractivity contribution in [3.8, 4) is 0 Å². The summed E-state index contributed by atoms with van der Waals surface area (Å²) in [4.78, 5) is 7.32. The molecule has 0 aliphatic rings. The summed E-state index contributed by atoms with van der Waals surface area (Å²) in [7, 11) is 0. The van der Waals surface area contributed by atoms with Crippen molar-refractivity contribution in [2.75, 3.05) is 17.6 Å². The van der Waals surface area contributed by atoms with E-state index in [0.29, 0.717) is 5.82 Å². The molecule has 0 spiro atoms. The first-order valence-electron chi connectivity index (χ1n) is 3.88. The Balaban J connectivity index is 2.45. The highest BCUT2D eigenvalue weighted by Gasteiger charge is 2.16. The van der Waals surface area contributed by atoms with Crippen LogP contribution in [0.15, 0.2) is 12.3 Å². The molecule has 0 radical (unpaired) electrons. The number of rotatable bonds is 4. The van der Waals surface area contributed by atoms with Crippen molar-refractivity contribution >= 4 is 11.8 Å². The van der Waals surface area contributed by atoms with Gasteiger partial charge in [0.1, 0.15) is 11.9 Å². The summed E-state index contributed by atoms with van der Waals surface area (Å²) in [5.41, 5.74) is 5.25. The van der Waals surface area contributed by atoms with Crippen molar-refractivity contribution in [1.82, 2.24) is 9.97 Å². The second-order valence-corrected chi connectivity index (χ2v) is 2.58. The third-order valence-corrected chi connectivity index (χ3v) is 1.46. The van der Waals surface area contributed by atoms with Crippen LogP contribution in [-0.4, -0.2) is 34.1 Å². The highest BCUT2D eigenvalue weighted by atomic mass is 19.3. The molecule has 7 heteroatoms. The summed E-state index contributed by atoms with van der Waals surface area (Å²) in [6.07, 6.45) is -3.10. The van der Waals surface area contributed by atoms with E-state index in [4.69, 9.17) is 10.8 Å². The minimum Gasteiger partial charge on any atom is -0.385 e. The van der Waals surface area contributed by atoms with Gasteiger partial charge in [0.15, 0.2) is 0 Å². The number of aliphatic hydroxyl groups is 1. The summed E-state index contributed by atoms with van der Waals surface area (Å²) < 4.78 is 23.7. The van der Waals surface area contributed by atoms with E-state index in [1.54, 1.807) is 0 Å². The topological polar surface area (TPSA) is 84.1 Å². The number of nitrogens with one attached hydrogen (secondary N) is 1. The fraction of sp³-hybridized carbons (Fsp3) is 0.429. The molecule has 0 aliphatic heterocycles. The van der Waals surface area contributed by atoms with Gasteiger partial charge in [0.2, 0.25) is 5.95 Å². The molecule has 5 nitrogen and oxygen atoms in total. The van der Waals surface area contributed by atoms with Gasteiger partial charge in [-0.2, -0.15) is 4.98 Å². The average Bonchev–Trinajstić information content (AvgIpc) is 2.14. The number of alkyl halides is 2. The van der Waals surface area contributed by atoms with Crippen LogP contribution in [0.25, 0.3) is 0 Å². The Morgan fingerprint density at radius 1 is 1.57 bits per heavy atom. The normalized spacial score (nSPS) is 12.9. The maximum atomic E-state index is 11.9. The van der Waals surface area contributed by atoms with Gasteiger partial charge >= 0.3 is 0 Å². The molecule has 1 rings (SSSR count). The summed E-state index contributed by atoms with van der Waals surface area (Å²) in [6.45, 7) is -0.284. The molecule has 0 aromatic carbocycles. The van der Waals surface area contributed by atoms with Crippen LogP contribution in [0.5, 0.6) is 0 Å². The highest BCUT2D eigenvalue weighted by Crippen LogP contribution is 2.05. The first-order chi connectivity index (χ1) is 6.59. The Bertz CT molecular complexity index is 297. The van der Waals surface area contributed by atoms with Gasteiger partial charge in [-0.05, 0) is 6.07 Å². The number of aliphatic hydroxyl groups excluding tert-OH is 1. The lowest BCUT2D eigenvalue weighted by atomic mass is 10.3. The molecule has 78 valence electrons. The minimum absolute atomic E-state index is 0.0431. The molecule has 0 fully saturated rings. The van der Waals surface area contributed by atoms with E-state index in [0.717, 1.165) is 0 Å². The Morgan fingerprint density at radius 2 is 2.29 bits per heavy atom. The molecule has 0 saturated heterocycles. The lowest BCUT2D eigenvalue weighted by Gasteiger charge is -2.10. The van der Waals surface area contributed by atoms with Gasteiger partial charge in [-0.25, -0.2) is 13.8 Å². The van der Waals surface area contributed by atoms with Gasteiger partial charge in [0.05, 0.1) is 0 Å². The molecule has 4 N–H and O–H groups in total. The summed E-state index contributed by atoms with van der Waals surface area (Å²) in [5.74, 6) is 0.346. The molecule has 1 aromatic rings. The van der Waals surface area contributed by atoms with Crippen LogP contribution < -0.4 is 11.1 Å². The van der Waals surface area contributed by atoms with Crippen molar-refractivity contribution < 1.29 is 13.9 Å². The van der Waals surface area contributed by atoms with Gasteiger partial charge in [0, 0.05) is 12.7 Å². The zero-order chi connectivity index (χ0) is 10.6. The fourth-order valence-electron chi connectivity index (χ4n) is 0.770.